The molecule has 150 valence electrons. The van der Waals surface area contributed by atoms with E-state index in [0.29, 0.717) is 25.7 Å². The predicted molar refractivity (Wildman–Crippen MR) is 104 cm³/mol. The standard InChI is InChI=1S/C18H30N6O2S/c1-14-21-22-16(23(14)2)12-19-17(20-15-6-7-15)24-10-11-27(25,26)18(13-24)8-4-3-5-9-18/h15H,3-13H2,1-2H3,(H,19,20). The van der Waals surface area contributed by atoms with Gasteiger partial charge < -0.3 is 14.8 Å². The average molecular weight is 395 g/mol. The molecule has 0 radical (unpaired) electrons. The highest BCUT2D eigenvalue weighted by Gasteiger charge is 2.49. The van der Waals surface area contributed by atoms with Crippen molar-refractivity contribution >= 4 is 15.8 Å². The summed E-state index contributed by atoms with van der Waals surface area (Å²) in [6, 6.07) is 0.464. The number of aromatic nitrogens is 3. The fraction of sp³-hybridized carbons (Fsp3) is 0.833. The molecule has 1 aromatic rings. The summed E-state index contributed by atoms with van der Waals surface area (Å²) in [6.07, 6.45) is 7.03. The number of hydrogen-bond acceptors (Lipinski definition) is 5. The fourth-order valence-corrected chi connectivity index (χ4v) is 6.36. The van der Waals surface area contributed by atoms with Crippen LogP contribution in [0.5, 0.6) is 0 Å². The molecular formula is C18H30N6O2S. The van der Waals surface area contributed by atoms with Crippen LogP contribution < -0.4 is 5.32 Å². The molecule has 1 aliphatic heterocycles. The summed E-state index contributed by atoms with van der Waals surface area (Å²) in [5.41, 5.74) is 0. The highest BCUT2D eigenvalue weighted by molar-refractivity contribution is 7.92. The predicted octanol–water partition coefficient (Wildman–Crippen LogP) is 1.16. The van der Waals surface area contributed by atoms with Gasteiger partial charge in [0.25, 0.3) is 0 Å². The van der Waals surface area contributed by atoms with Crippen molar-refractivity contribution in [3.8, 4) is 0 Å². The lowest BCUT2D eigenvalue weighted by atomic mass is 9.87. The molecule has 27 heavy (non-hydrogen) atoms. The van der Waals surface area contributed by atoms with E-state index in [1.807, 2.05) is 18.5 Å². The van der Waals surface area contributed by atoms with Gasteiger partial charge in [-0.3, -0.25) is 0 Å². The smallest absolute Gasteiger partial charge is 0.194 e. The van der Waals surface area contributed by atoms with Gasteiger partial charge in [0, 0.05) is 26.2 Å². The third-order valence-electron chi connectivity index (χ3n) is 6.30. The zero-order valence-electron chi connectivity index (χ0n) is 16.3. The van der Waals surface area contributed by atoms with E-state index in [2.05, 4.69) is 20.4 Å². The first kappa shape index (κ1) is 18.7. The molecule has 1 saturated heterocycles. The minimum absolute atomic E-state index is 0.224. The number of aliphatic imine (C=N–C) groups is 1. The van der Waals surface area contributed by atoms with E-state index in [1.165, 1.54) is 0 Å². The zero-order valence-corrected chi connectivity index (χ0v) is 17.1. The van der Waals surface area contributed by atoms with Crippen molar-refractivity contribution in [2.24, 2.45) is 12.0 Å². The number of rotatable bonds is 3. The molecule has 3 fully saturated rings. The minimum atomic E-state index is -3.05. The third kappa shape index (κ3) is 3.70. The first-order valence-corrected chi connectivity index (χ1v) is 11.7. The molecule has 9 heteroatoms. The molecule has 0 amide bonds. The topological polar surface area (TPSA) is 92.5 Å². The first-order valence-electron chi connectivity index (χ1n) is 10.0. The second-order valence-electron chi connectivity index (χ2n) is 8.27. The lowest BCUT2D eigenvalue weighted by molar-refractivity contribution is 0.273. The summed E-state index contributed by atoms with van der Waals surface area (Å²) in [4.78, 5) is 6.99. The number of nitrogens with zero attached hydrogens (tertiary/aromatic N) is 5. The van der Waals surface area contributed by atoms with Crippen LogP contribution in [0, 0.1) is 6.92 Å². The quantitative estimate of drug-likeness (QED) is 0.611. The van der Waals surface area contributed by atoms with E-state index in [1.54, 1.807) is 0 Å². The Labute approximate surface area is 161 Å². The summed E-state index contributed by atoms with van der Waals surface area (Å²) in [5, 5.41) is 11.8. The Bertz CT molecular complexity index is 821. The van der Waals surface area contributed by atoms with Gasteiger partial charge in [0.1, 0.15) is 12.4 Å². The van der Waals surface area contributed by atoms with Crippen LogP contribution in [0.15, 0.2) is 4.99 Å². The number of sulfone groups is 1. The Hall–Kier alpha value is -1.64. The lowest BCUT2D eigenvalue weighted by Gasteiger charge is -2.45. The number of aryl methyl sites for hydroxylation is 1. The molecule has 0 atom stereocenters. The van der Waals surface area contributed by atoms with Gasteiger partial charge in [-0.2, -0.15) is 0 Å². The van der Waals surface area contributed by atoms with Gasteiger partial charge in [0.2, 0.25) is 0 Å². The molecular weight excluding hydrogens is 364 g/mol. The van der Waals surface area contributed by atoms with E-state index >= 15 is 0 Å². The van der Waals surface area contributed by atoms with Crippen LogP contribution in [0.3, 0.4) is 0 Å². The van der Waals surface area contributed by atoms with E-state index in [-0.39, 0.29) is 5.75 Å². The van der Waals surface area contributed by atoms with Crippen molar-refractivity contribution < 1.29 is 8.42 Å². The molecule has 1 aromatic heterocycles. The van der Waals surface area contributed by atoms with Crippen LogP contribution in [0.4, 0.5) is 0 Å². The Morgan fingerprint density at radius 1 is 1.26 bits per heavy atom. The molecule has 8 nitrogen and oxygen atoms in total. The summed E-state index contributed by atoms with van der Waals surface area (Å²) in [7, 11) is -1.10. The van der Waals surface area contributed by atoms with Gasteiger partial charge in [-0.05, 0) is 32.6 Å². The van der Waals surface area contributed by atoms with Gasteiger partial charge in [-0.25, -0.2) is 13.4 Å². The molecule has 2 saturated carbocycles. The number of hydrogen-bond donors (Lipinski definition) is 1. The molecule has 1 N–H and O–H groups in total. The molecule has 1 spiro atoms. The van der Waals surface area contributed by atoms with Crippen molar-refractivity contribution in [2.75, 3.05) is 18.8 Å². The van der Waals surface area contributed by atoms with Crippen LogP contribution in [0.25, 0.3) is 0 Å². The maximum atomic E-state index is 12.9. The summed E-state index contributed by atoms with van der Waals surface area (Å²) < 4.78 is 27.1. The second kappa shape index (κ2) is 7.07. The molecule has 3 aliphatic rings. The first-order chi connectivity index (χ1) is 12.9. The zero-order chi connectivity index (χ0) is 19.1. The Balaban J connectivity index is 1.56. The van der Waals surface area contributed by atoms with E-state index in [9.17, 15) is 8.42 Å². The molecule has 0 bridgehead atoms. The molecule has 4 rings (SSSR count). The Kier molecular flexibility index (Phi) is 4.90. The van der Waals surface area contributed by atoms with Crippen molar-refractivity contribution in [2.45, 2.75) is 69.2 Å². The van der Waals surface area contributed by atoms with E-state index in [0.717, 1.165) is 62.6 Å². The van der Waals surface area contributed by atoms with Gasteiger partial charge in [-0.1, -0.05) is 19.3 Å². The lowest BCUT2D eigenvalue weighted by Crippen LogP contribution is -2.60. The van der Waals surface area contributed by atoms with Crippen LogP contribution in [-0.4, -0.2) is 63.7 Å². The van der Waals surface area contributed by atoms with Crippen LogP contribution in [0.1, 0.15) is 56.6 Å². The SMILES string of the molecule is Cc1nnc(CN=C(NC2CC2)N2CCS(=O)(=O)C3(CCCCC3)C2)n1C. The third-order valence-corrected chi connectivity index (χ3v) is 8.87. The largest absolute Gasteiger partial charge is 0.353 e. The summed E-state index contributed by atoms with van der Waals surface area (Å²) >= 11 is 0. The van der Waals surface area contributed by atoms with Crippen LogP contribution >= 0.6 is 0 Å². The Morgan fingerprint density at radius 3 is 2.63 bits per heavy atom. The van der Waals surface area contributed by atoms with Crippen molar-refractivity contribution in [1.82, 2.24) is 25.0 Å². The van der Waals surface area contributed by atoms with Gasteiger partial charge >= 0.3 is 0 Å². The van der Waals surface area contributed by atoms with Gasteiger partial charge in [0.15, 0.2) is 21.6 Å². The molecule has 0 aromatic carbocycles. The molecule has 2 heterocycles. The maximum absolute atomic E-state index is 12.9. The van der Waals surface area contributed by atoms with Crippen LogP contribution in [-0.2, 0) is 23.4 Å². The van der Waals surface area contributed by atoms with Gasteiger partial charge in [0.05, 0.1) is 10.5 Å². The van der Waals surface area contributed by atoms with Crippen molar-refractivity contribution in [3.05, 3.63) is 11.6 Å². The highest BCUT2D eigenvalue weighted by atomic mass is 32.2. The monoisotopic (exact) mass is 394 g/mol. The van der Waals surface area contributed by atoms with E-state index < -0.39 is 14.6 Å². The second-order valence-corrected chi connectivity index (χ2v) is 10.8. The summed E-state index contributed by atoms with van der Waals surface area (Å²) in [6.45, 7) is 3.45. The van der Waals surface area contributed by atoms with E-state index in [4.69, 9.17) is 4.99 Å². The number of nitrogens with one attached hydrogen (secondary N) is 1. The number of guanidine groups is 1. The van der Waals surface area contributed by atoms with Crippen LogP contribution in [0.2, 0.25) is 0 Å². The Morgan fingerprint density at radius 2 is 2.00 bits per heavy atom. The minimum Gasteiger partial charge on any atom is -0.353 e. The van der Waals surface area contributed by atoms with Gasteiger partial charge in [-0.15, -0.1) is 10.2 Å². The highest BCUT2D eigenvalue weighted by Crippen LogP contribution is 2.38. The normalized spacial score (nSPS) is 25.0. The maximum Gasteiger partial charge on any atom is 0.194 e. The summed E-state index contributed by atoms with van der Waals surface area (Å²) in [5.74, 6) is 2.74. The molecule has 2 aliphatic carbocycles. The molecule has 0 unspecified atom stereocenters. The average Bonchev–Trinajstić information content (AvgIpc) is 3.42. The fourth-order valence-electron chi connectivity index (χ4n) is 4.20. The van der Waals surface area contributed by atoms with Crippen molar-refractivity contribution in [3.63, 3.8) is 0 Å². The van der Waals surface area contributed by atoms with Crippen molar-refractivity contribution in [1.29, 1.82) is 0 Å².